The van der Waals surface area contributed by atoms with Crippen LogP contribution in [0.3, 0.4) is 0 Å². The van der Waals surface area contributed by atoms with Crippen LogP contribution in [0.25, 0.3) is 0 Å². The number of nitrogens with zero attached hydrogens (tertiary/aromatic N) is 2. The number of unbranched alkanes of at least 4 members (excludes halogenated alkanes) is 6. The number of phenolic OH excluding ortho intramolecular Hbond substituents is 1. The van der Waals surface area contributed by atoms with E-state index in [1.807, 2.05) is 0 Å². The minimum Gasteiger partial charge on any atom is -0.507 e. The number of aromatic hydroxyl groups is 1. The van der Waals surface area contributed by atoms with E-state index in [2.05, 4.69) is 57.3 Å². The first kappa shape index (κ1) is 25.8. The smallest absolute Gasteiger partial charge is 0.208 e. The molecule has 0 saturated heterocycles. The molecule has 0 spiro atoms. The SMILES string of the molecule is CCCCCCOc1cc(O)c(C2(c3ccc(C)cc3C)N=CNC=N2)cc1CCCCCC. The lowest BCUT2D eigenvalue weighted by molar-refractivity contribution is 0.299. The number of nitrogens with one attached hydrogen (secondary N) is 1. The summed E-state index contributed by atoms with van der Waals surface area (Å²) in [7, 11) is 0. The molecule has 0 unspecified atom stereocenters. The van der Waals surface area contributed by atoms with Gasteiger partial charge in [0.05, 0.1) is 19.3 Å². The molecule has 0 aromatic heterocycles. The largest absolute Gasteiger partial charge is 0.507 e. The van der Waals surface area contributed by atoms with Gasteiger partial charge in [-0.15, -0.1) is 0 Å². The Hall–Kier alpha value is -2.82. The molecule has 0 aliphatic carbocycles. The zero-order valence-electron chi connectivity index (χ0n) is 21.4. The summed E-state index contributed by atoms with van der Waals surface area (Å²) in [6, 6.07) is 10.1. The highest BCUT2D eigenvalue weighted by Crippen LogP contribution is 2.44. The van der Waals surface area contributed by atoms with Crippen molar-refractivity contribution < 1.29 is 9.84 Å². The minimum atomic E-state index is -1.02. The Bertz CT molecular complexity index is 985. The fourth-order valence-corrected chi connectivity index (χ4v) is 4.63. The Morgan fingerprint density at radius 1 is 0.853 bits per heavy atom. The maximum atomic E-state index is 11.2. The highest BCUT2D eigenvalue weighted by Gasteiger charge is 2.38. The highest BCUT2D eigenvalue weighted by atomic mass is 16.5. The van der Waals surface area contributed by atoms with Crippen molar-refractivity contribution in [2.24, 2.45) is 9.98 Å². The van der Waals surface area contributed by atoms with Crippen molar-refractivity contribution in [3.63, 3.8) is 0 Å². The summed E-state index contributed by atoms with van der Waals surface area (Å²) in [4.78, 5) is 9.59. The molecular weight excluding hydrogens is 422 g/mol. The number of benzene rings is 2. The number of aliphatic imine (C=N–C) groups is 2. The van der Waals surface area contributed by atoms with Crippen molar-refractivity contribution in [1.29, 1.82) is 0 Å². The van der Waals surface area contributed by atoms with Crippen LogP contribution in [0.4, 0.5) is 0 Å². The molecule has 0 radical (unpaired) electrons. The molecule has 1 aliphatic rings. The van der Waals surface area contributed by atoms with Gasteiger partial charge in [-0.1, -0.05) is 76.1 Å². The topological polar surface area (TPSA) is 66.2 Å². The third-order valence-electron chi connectivity index (χ3n) is 6.52. The number of hydrogen-bond acceptors (Lipinski definition) is 5. The van der Waals surface area contributed by atoms with Crippen LogP contribution in [0.5, 0.6) is 11.5 Å². The third kappa shape index (κ3) is 6.19. The van der Waals surface area contributed by atoms with Crippen LogP contribution in [0, 0.1) is 13.8 Å². The Morgan fingerprint density at radius 2 is 1.56 bits per heavy atom. The number of ether oxygens (including phenoxy) is 1. The molecule has 5 heteroatoms. The number of aryl methyl sites for hydroxylation is 3. The normalized spacial score (nSPS) is 14.2. The monoisotopic (exact) mass is 463 g/mol. The summed E-state index contributed by atoms with van der Waals surface area (Å²) in [5.74, 6) is 0.948. The maximum absolute atomic E-state index is 11.2. The van der Waals surface area contributed by atoms with Gasteiger partial charge >= 0.3 is 0 Å². The molecular formula is C29H41N3O2. The summed E-state index contributed by atoms with van der Waals surface area (Å²) in [6.45, 7) is 9.27. The minimum absolute atomic E-state index is 0.164. The van der Waals surface area contributed by atoms with Crippen LogP contribution in [-0.4, -0.2) is 24.4 Å². The standard InChI is InChI=1S/C29H41N3O2/c1-5-7-9-11-13-24-18-26(27(33)19-28(24)34-16-12-10-8-6-2)29(31-20-30-21-32-29)25-15-14-22(3)17-23(25)4/h14-15,17-21,33H,5-13,16H2,1-4H3,(H,30,31,32). The van der Waals surface area contributed by atoms with Gasteiger partial charge in [0.15, 0.2) is 0 Å². The van der Waals surface area contributed by atoms with Crippen molar-refractivity contribution in [1.82, 2.24) is 5.32 Å². The van der Waals surface area contributed by atoms with Crippen molar-refractivity contribution in [3.8, 4) is 11.5 Å². The van der Waals surface area contributed by atoms with Crippen LogP contribution in [-0.2, 0) is 12.1 Å². The fraction of sp³-hybridized carbons (Fsp3) is 0.517. The highest BCUT2D eigenvalue weighted by molar-refractivity contribution is 5.79. The van der Waals surface area contributed by atoms with E-state index in [-0.39, 0.29) is 5.75 Å². The molecule has 0 fully saturated rings. The second-order valence-corrected chi connectivity index (χ2v) is 9.37. The van der Waals surface area contributed by atoms with E-state index in [1.165, 1.54) is 44.1 Å². The van der Waals surface area contributed by atoms with E-state index in [0.29, 0.717) is 12.2 Å². The number of rotatable bonds is 13. The van der Waals surface area contributed by atoms with Gasteiger partial charge in [0.2, 0.25) is 5.66 Å². The summed E-state index contributed by atoms with van der Waals surface area (Å²) in [5.41, 5.74) is 4.03. The molecule has 1 heterocycles. The van der Waals surface area contributed by atoms with Gasteiger partial charge in [-0.3, -0.25) is 0 Å². The van der Waals surface area contributed by atoms with Crippen LogP contribution in [0.2, 0.25) is 0 Å². The van der Waals surface area contributed by atoms with Gasteiger partial charge in [-0.05, 0) is 50.3 Å². The predicted molar refractivity (Wildman–Crippen MR) is 142 cm³/mol. The van der Waals surface area contributed by atoms with E-state index in [1.54, 1.807) is 18.7 Å². The summed E-state index contributed by atoms with van der Waals surface area (Å²) in [6.07, 6.45) is 13.5. The fourth-order valence-electron chi connectivity index (χ4n) is 4.63. The van der Waals surface area contributed by atoms with E-state index in [4.69, 9.17) is 14.7 Å². The van der Waals surface area contributed by atoms with Crippen molar-refractivity contribution in [2.75, 3.05) is 6.61 Å². The summed E-state index contributed by atoms with van der Waals surface area (Å²) < 4.78 is 6.19. The van der Waals surface area contributed by atoms with Gasteiger partial charge in [0, 0.05) is 17.2 Å². The molecule has 184 valence electrons. The molecule has 2 aromatic carbocycles. The average molecular weight is 464 g/mol. The summed E-state index contributed by atoms with van der Waals surface area (Å²) >= 11 is 0. The molecule has 34 heavy (non-hydrogen) atoms. The molecule has 2 N–H and O–H groups in total. The van der Waals surface area contributed by atoms with Crippen LogP contribution in [0.15, 0.2) is 40.3 Å². The first-order chi connectivity index (χ1) is 16.5. The lowest BCUT2D eigenvalue weighted by Gasteiger charge is -2.31. The van der Waals surface area contributed by atoms with Crippen molar-refractivity contribution in [3.05, 3.63) is 58.1 Å². The molecule has 1 aliphatic heterocycles. The number of phenols is 1. The zero-order chi connectivity index (χ0) is 24.4. The Balaban J connectivity index is 2.01. The zero-order valence-corrected chi connectivity index (χ0v) is 21.4. The molecule has 0 saturated carbocycles. The first-order valence-corrected chi connectivity index (χ1v) is 12.9. The summed E-state index contributed by atoms with van der Waals surface area (Å²) in [5, 5.41) is 14.2. The molecule has 0 bridgehead atoms. The molecule has 2 aromatic rings. The lowest BCUT2D eigenvalue weighted by atomic mass is 9.86. The maximum Gasteiger partial charge on any atom is 0.208 e. The Labute approximate surface area is 205 Å². The van der Waals surface area contributed by atoms with Crippen LogP contribution >= 0.6 is 0 Å². The molecule has 0 amide bonds. The van der Waals surface area contributed by atoms with Gasteiger partial charge in [0.25, 0.3) is 0 Å². The number of hydrogen-bond donors (Lipinski definition) is 2. The third-order valence-corrected chi connectivity index (χ3v) is 6.52. The van der Waals surface area contributed by atoms with Gasteiger partial charge in [0.1, 0.15) is 11.5 Å². The van der Waals surface area contributed by atoms with Crippen molar-refractivity contribution >= 4 is 12.7 Å². The Kier molecular flexibility index (Phi) is 9.55. The van der Waals surface area contributed by atoms with E-state index in [9.17, 15) is 5.11 Å². The van der Waals surface area contributed by atoms with E-state index >= 15 is 0 Å². The van der Waals surface area contributed by atoms with Gasteiger partial charge in [-0.2, -0.15) is 0 Å². The molecule has 0 atom stereocenters. The molecule has 3 rings (SSSR count). The van der Waals surface area contributed by atoms with Gasteiger partial charge < -0.3 is 15.2 Å². The van der Waals surface area contributed by atoms with Crippen LogP contribution < -0.4 is 10.1 Å². The lowest BCUT2D eigenvalue weighted by Crippen LogP contribution is -2.31. The first-order valence-electron chi connectivity index (χ1n) is 12.9. The second-order valence-electron chi connectivity index (χ2n) is 9.37. The second kappa shape index (κ2) is 12.6. The Morgan fingerprint density at radius 3 is 2.24 bits per heavy atom. The average Bonchev–Trinajstić information content (AvgIpc) is 2.83. The predicted octanol–water partition coefficient (Wildman–Crippen LogP) is 6.95. The van der Waals surface area contributed by atoms with Gasteiger partial charge in [-0.25, -0.2) is 9.98 Å². The van der Waals surface area contributed by atoms with E-state index < -0.39 is 5.66 Å². The quantitative estimate of drug-likeness (QED) is 0.316. The van der Waals surface area contributed by atoms with Crippen LogP contribution in [0.1, 0.15) is 93.0 Å². The van der Waals surface area contributed by atoms with E-state index in [0.717, 1.165) is 41.7 Å². The van der Waals surface area contributed by atoms with Crippen molar-refractivity contribution in [2.45, 2.75) is 91.1 Å². The molecule has 5 nitrogen and oxygen atoms in total.